The molecule has 4 nitrogen and oxygen atoms in total. The topological polar surface area (TPSA) is 41.9 Å². The lowest BCUT2D eigenvalue weighted by Gasteiger charge is -2.35. The summed E-state index contributed by atoms with van der Waals surface area (Å²) >= 11 is 3.48. The molecule has 5 heteroatoms. The maximum Gasteiger partial charge on any atom is 0.243 e. The van der Waals surface area contributed by atoms with Gasteiger partial charge in [0.15, 0.2) is 0 Å². The Kier molecular flexibility index (Phi) is 5.23. The number of benzene rings is 2. The molecule has 0 bridgehead atoms. The van der Waals surface area contributed by atoms with Crippen molar-refractivity contribution in [2.45, 2.75) is 38.8 Å². The Bertz CT molecular complexity index is 791. The molecule has 0 saturated heterocycles. The number of hydrazone groups is 1. The Morgan fingerprint density at radius 1 is 1.20 bits per heavy atom. The first-order valence-electron chi connectivity index (χ1n) is 8.46. The molecule has 0 aliphatic carbocycles. The van der Waals surface area contributed by atoms with Gasteiger partial charge in [-0.1, -0.05) is 65.7 Å². The second-order valence-corrected chi connectivity index (χ2v) is 7.02. The van der Waals surface area contributed by atoms with Gasteiger partial charge in [-0.25, -0.2) is 0 Å². The molecule has 0 radical (unpaired) electrons. The van der Waals surface area contributed by atoms with Crippen molar-refractivity contribution in [3.05, 3.63) is 70.2 Å². The average molecular weight is 401 g/mol. The SMILES string of the molecule is CCCCC1(c2ccccc2)OC(c2cccc(Br)c2)=NN1C(C)=O. The van der Waals surface area contributed by atoms with Gasteiger partial charge in [0.2, 0.25) is 17.5 Å². The van der Waals surface area contributed by atoms with Gasteiger partial charge in [-0.3, -0.25) is 4.79 Å². The van der Waals surface area contributed by atoms with E-state index < -0.39 is 5.72 Å². The van der Waals surface area contributed by atoms with E-state index in [1.807, 2.05) is 54.6 Å². The summed E-state index contributed by atoms with van der Waals surface area (Å²) in [6.45, 7) is 3.65. The number of unbranched alkanes of at least 4 members (excludes halogenated alkanes) is 1. The Hall–Kier alpha value is -2.14. The molecule has 1 aliphatic heterocycles. The van der Waals surface area contributed by atoms with Crippen molar-refractivity contribution in [1.29, 1.82) is 0 Å². The highest BCUT2D eigenvalue weighted by molar-refractivity contribution is 9.10. The number of rotatable bonds is 5. The van der Waals surface area contributed by atoms with E-state index in [9.17, 15) is 4.79 Å². The summed E-state index contributed by atoms with van der Waals surface area (Å²) in [4.78, 5) is 12.4. The number of hydrogen-bond donors (Lipinski definition) is 0. The number of carbonyl (C=O) groups is 1. The molecule has 25 heavy (non-hydrogen) atoms. The minimum absolute atomic E-state index is 0.134. The van der Waals surface area contributed by atoms with Gasteiger partial charge in [-0.15, -0.1) is 5.10 Å². The first kappa shape index (κ1) is 17.7. The Morgan fingerprint density at radius 3 is 2.60 bits per heavy atom. The van der Waals surface area contributed by atoms with Crippen LogP contribution in [0.25, 0.3) is 0 Å². The van der Waals surface area contributed by atoms with Crippen molar-refractivity contribution in [3.8, 4) is 0 Å². The van der Waals surface area contributed by atoms with Crippen LogP contribution in [0.2, 0.25) is 0 Å². The van der Waals surface area contributed by atoms with Crippen LogP contribution in [0.15, 0.2) is 64.2 Å². The molecule has 0 spiro atoms. The van der Waals surface area contributed by atoms with Crippen molar-refractivity contribution in [3.63, 3.8) is 0 Å². The maximum atomic E-state index is 12.4. The largest absolute Gasteiger partial charge is 0.443 e. The summed E-state index contributed by atoms with van der Waals surface area (Å²) in [7, 11) is 0. The minimum atomic E-state index is -0.888. The Morgan fingerprint density at radius 2 is 1.96 bits per heavy atom. The van der Waals surface area contributed by atoms with Crippen molar-refractivity contribution >= 4 is 27.7 Å². The molecule has 2 aromatic carbocycles. The summed E-state index contributed by atoms with van der Waals surface area (Å²) in [5.74, 6) is 0.335. The summed E-state index contributed by atoms with van der Waals surface area (Å²) in [6.07, 6.45) is 2.63. The van der Waals surface area contributed by atoms with E-state index in [0.29, 0.717) is 12.3 Å². The van der Waals surface area contributed by atoms with Gasteiger partial charge in [0, 0.05) is 28.9 Å². The quantitative estimate of drug-likeness (QED) is 0.705. The van der Waals surface area contributed by atoms with Gasteiger partial charge in [-0.05, 0) is 24.6 Å². The molecule has 0 N–H and O–H groups in total. The Balaban J connectivity index is 2.07. The van der Waals surface area contributed by atoms with Gasteiger partial charge in [-0.2, -0.15) is 5.01 Å². The van der Waals surface area contributed by atoms with Crippen LogP contribution in [0, 0.1) is 0 Å². The average Bonchev–Trinajstić information content (AvgIpc) is 3.02. The van der Waals surface area contributed by atoms with Gasteiger partial charge < -0.3 is 4.74 Å². The van der Waals surface area contributed by atoms with Crippen molar-refractivity contribution in [2.24, 2.45) is 5.10 Å². The fraction of sp³-hybridized carbons (Fsp3) is 0.300. The standard InChI is InChI=1S/C20H21BrN2O2/c1-3-4-13-20(17-10-6-5-7-11-17)23(15(2)24)22-19(25-20)16-9-8-12-18(21)14-16/h5-12,14H,3-4,13H2,1-2H3. The second kappa shape index (κ2) is 7.40. The summed E-state index contributed by atoms with van der Waals surface area (Å²) < 4.78 is 7.33. The normalized spacial score (nSPS) is 19.5. The van der Waals surface area contributed by atoms with Gasteiger partial charge in [0.05, 0.1) is 0 Å². The van der Waals surface area contributed by atoms with Crippen LogP contribution in [0.5, 0.6) is 0 Å². The van der Waals surface area contributed by atoms with Crippen LogP contribution in [0.1, 0.15) is 44.2 Å². The third-order valence-electron chi connectivity index (χ3n) is 4.26. The molecule has 1 amide bonds. The molecule has 1 unspecified atom stereocenters. The molecule has 130 valence electrons. The second-order valence-electron chi connectivity index (χ2n) is 6.10. The van der Waals surface area contributed by atoms with Gasteiger partial charge >= 0.3 is 0 Å². The van der Waals surface area contributed by atoms with Crippen LogP contribution in [0.4, 0.5) is 0 Å². The smallest absolute Gasteiger partial charge is 0.243 e. The molecule has 0 saturated carbocycles. The lowest BCUT2D eigenvalue weighted by atomic mass is 9.95. The third-order valence-corrected chi connectivity index (χ3v) is 4.76. The number of nitrogens with zero attached hydrogens (tertiary/aromatic N) is 2. The molecular weight excluding hydrogens is 380 g/mol. The van der Waals surface area contributed by atoms with E-state index in [4.69, 9.17) is 4.74 Å². The van der Waals surface area contributed by atoms with Crippen molar-refractivity contribution in [2.75, 3.05) is 0 Å². The summed E-state index contributed by atoms with van der Waals surface area (Å²) in [6, 6.07) is 17.6. The van der Waals surface area contributed by atoms with E-state index in [1.54, 1.807) is 0 Å². The molecule has 2 aromatic rings. The van der Waals surface area contributed by atoms with E-state index >= 15 is 0 Å². The van der Waals surface area contributed by atoms with Crippen LogP contribution in [-0.4, -0.2) is 16.8 Å². The van der Waals surface area contributed by atoms with Crippen LogP contribution in [0.3, 0.4) is 0 Å². The predicted octanol–water partition coefficient (Wildman–Crippen LogP) is 5.03. The van der Waals surface area contributed by atoms with Gasteiger partial charge in [0.25, 0.3) is 0 Å². The lowest BCUT2D eigenvalue weighted by molar-refractivity contribution is -0.150. The molecule has 0 fully saturated rings. The van der Waals surface area contributed by atoms with Crippen LogP contribution < -0.4 is 0 Å². The fourth-order valence-electron chi connectivity index (χ4n) is 3.06. The molecule has 1 aliphatic rings. The lowest BCUT2D eigenvalue weighted by Crippen LogP contribution is -2.44. The molecular formula is C20H21BrN2O2. The van der Waals surface area contributed by atoms with E-state index in [-0.39, 0.29) is 5.91 Å². The maximum absolute atomic E-state index is 12.4. The summed E-state index contributed by atoms with van der Waals surface area (Å²) in [5, 5.41) is 6.03. The highest BCUT2D eigenvalue weighted by Crippen LogP contribution is 2.41. The van der Waals surface area contributed by atoms with Crippen LogP contribution in [-0.2, 0) is 15.3 Å². The molecule has 1 atom stereocenters. The monoisotopic (exact) mass is 400 g/mol. The zero-order valence-electron chi connectivity index (χ0n) is 14.4. The van der Waals surface area contributed by atoms with Crippen molar-refractivity contribution < 1.29 is 9.53 Å². The third kappa shape index (κ3) is 3.47. The van der Waals surface area contributed by atoms with E-state index in [2.05, 4.69) is 28.0 Å². The zero-order chi connectivity index (χ0) is 17.9. The number of amides is 1. The highest BCUT2D eigenvalue weighted by atomic mass is 79.9. The molecule has 1 heterocycles. The van der Waals surface area contributed by atoms with Gasteiger partial charge in [0.1, 0.15) is 0 Å². The zero-order valence-corrected chi connectivity index (χ0v) is 16.0. The number of ether oxygens (including phenoxy) is 1. The molecule has 3 rings (SSSR count). The molecule has 0 aromatic heterocycles. The minimum Gasteiger partial charge on any atom is -0.443 e. The number of carbonyl (C=O) groups excluding carboxylic acids is 1. The van der Waals surface area contributed by atoms with E-state index in [0.717, 1.165) is 28.4 Å². The fourth-order valence-corrected chi connectivity index (χ4v) is 3.45. The number of halogens is 1. The van der Waals surface area contributed by atoms with E-state index in [1.165, 1.54) is 11.9 Å². The first-order chi connectivity index (χ1) is 12.1. The Labute approximate surface area is 156 Å². The highest BCUT2D eigenvalue weighted by Gasteiger charge is 2.48. The summed E-state index contributed by atoms with van der Waals surface area (Å²) in [5.41, 5.74) is 0.892. The predicted molar refractivity (Wildman–Crippen MR) is 102 cm³/mol. The van der Waals surface area contributed by atoms with Crippen molar-refractivity contribution in [1.82, 2.24) is 5.01 Å². The first-order valence-corrected chi connectivity index (χ1v) is 9.26. The van der Waals surface area contributed by atoms with Crippen LogP contribution >= 0.6 is 15.9 Å². The number of hydrogen-bond acceptors (Lipinski definition) is 3.